The first-order chi connectivity index (χ1) is 13.7. The van der Waals surface area contributed by atoms with E-state index in [1.807, 2.05) is 0 Å². The van der Waals surface area contributed by atoms with E-state index in [2.05, 4.69) is 4.52 Å². The lowest BCUT2D eigenvalue weighted by Crippen LogP contribution is -2.41. The van der Waals surface area contributed by atoms with Crippen molar-refractivity contribution >= 4 is 31.2 Å². The Bertz CT molecular complexity index is 952. The molecule has 0 fully saturated rings. The molecule has 1 unspecified atom stereocenters. The maximum atomic E-state index is 12.9. The van der Waals surface area contributed by atoms with Crippen molar-refractivity contribution in [1.82, 2.24) is 0 Å². The average molecular weight is 486 g/mol. The zero-order valence-electron chi connectivity index (χ0n) is 15.7. The number of halogens is 4. The number of nitrogens with two attached hydrogens (primary N) is 1. The van der Waals surface area contributed by atoms with Gasteiger partial charge >= 0.3 is 14.0 Å². The van der Waals surface area contributed by atoms with Crippen LogP contribution in [0.2, 0.25) is 5.02 Å². The molecule has 12 heteroatoms. The third-order valence-electron chi connectivity index (χ3n) is 4.07. The van der Waals surface area contributed by atoms with Crippen molar-refractivity contribution < 1.29 is 37.2 Å². The van der Waals surface area contributed by atoms with Gasteiger partial charge in [-0.25, -0.2) is 4.57 Å². The van der Waals surface area contributed by atoms with Crippen LogP contribution >= 0.6 is 31.2 Å². The molecular formula is C18H20ClF3NO5PS. The predicted octanol–water partition coefficient (Wildman–Crippen LogP) is 4.97. The van der Waals surface area contributed by atoms with Gasteiger partial charge in [-0.1, -0.05) is 29.4 Å². The number of phenolic OH excluding ortho intramolecular Hbond substituents is 1. The third-order valence-corrected chi connectivity index (χ3v) is 5.92. The normalized spacial score (nSPS) is 14.5. The van der Waals surface area contributed by atoms with E-state index < -0.39 is 25.1 Å². The van der Waals surface area contributed by atoms with Crippen molar-refractivity contribution in [2.24, 2.45) is 5.73 Å². The summed E-state index contributed by atoms with van der Waals surface area (Å²) < 4.78 is 53.9. The van der Waals surface area contributed by atoms with Crippen molar-refractivity contribution in [3.05, 3.63) is 52.5 Å². The molecule has 0 radical (unpaired) electrons. The minimum atomic E-state index is -4.63. The fourth-order valence-electron chi connectivity index (χ4n) is 2.42. The van der Waals surface area contributed by atoms with Crippen LogP contribution in [0.25, 0.3) is 0 Å². The second-order valence-electron chi connectivity index (χ2n) is 6.95. The first-order valence-electron chi connectivity index (χ1n) is 8.52. The van der Waals surface area contributed by atoms with Gasteiger partial charge in [-0.3, -0.25) is 4.52 Å². The molecule has 1 atom stereocenters. The van der Waals surface area contributed by atoms with Crippen LogP contribution in [-0.2, 0) is 21.7 Å². The number of phenols is 1. The van der Waals surface area contributed by atoms with Gasteiger partial charge in [0.2, 0.25) is 0 Å². The number of hydrogen-bond acceptors (Lipinski definition) is 5. The number of alkyl halides is 3. The molecule has 0 aliphatic rings. The molecule has 166 valence electrons. The Kier molecular flexibility index (Phi) is 7.90. The minimum Gasteiger partial charge on any atom is -0.507 e. The van der Waals surface area contributed by atoms with Gasteiger partial charge in [-0.05, 0) is 55.7 Å². The zero-order valence-corrected chi connectivity index (χ0v) is 18.2. The van der Waals surface area contributed by atoms with Crippen molar-refractivity contribution in [3.8, 4) is 5.75 Å². The highest BCUT2D eigenvalue weighted by molar-refractivity contribution is 7.99. The largest absolute Gasteiger partial charge is 0.507 e. The molecule has 0 heterocycles. The lowest BCUT2D eigenvalue weighted by atomic mass is 9.95. The molecule has 0 aromatic heterocycles. The predicted molar refractivity (Wildman–Crippen MR) is 108 cm³/mol. The molecule has 0 saturated heterocycles. The van der Waals surface area contributed by atoms with E-state index in [-0.39, 0.29) is 17.3 Å². The Morgan fingerprint density at radius 2 is 1.87 bits per heavy atom. The van der Waals surface area contributed by atoms with E-state index in [4.69, 9.17) is 27.1 Å². The Labute approximate surface area is 180 Å². The molecule has 2 aromatic carbocycles. The summed E-state index contributed by atoms with van der Waals surface area (Å²) in [5.74, 6) is -0.280. The maximum absolute atomic E-state index is 12.9. The van der Waals surface area contributed by atoms with E-state index in [9.17, 15) is 22.8 Å². The van der Waals surface area contributed by atoms with E-state index in [0.717, 1.165) is 30.0 Å². The number of phosphoric acid groups is 1. The first kappa shape index (κ1) is 25.0. The van der Waals surface area contributed by atoms with Gasteiger partial charge in [0.05, 0.1) is 17.1 Å². The van der Waals surface area contributed by atoms with Crippen molar-refractivity contribution in [1.29, 1.82) is 0 Å². The Hall–Kier alpha value is -1.26. The van der Waals surface area contributed by atoms with Gasteiger partial charge in [-0.2, -0.15) is 13.2 Å². The molecule has 0 aliphatic heterocycles. The van der Waals surface area contributed by atoms with Gasteiger partial charge in [0, 0.05) is 15.5 Å². The van der Waals surface area contributed by atoms with Gasteiger partial charge in [0.15, 0.2) is 0 Å². The highest BCUT2D eigenvalue weighted by Crippen LogP contribution is 2.40. The van der Waals surface area contributed by atoms with Crippen molar-refractivity contribution in [2.75, 3.05) is 6.61 Å². The highest BCUT2D eigenvalue weighted by Gasteiger charge is 2.31. The summed E-state index contributed by atoms with van der Waals surface area (Å²) in [6, 6.07) is 7.53. The number of hydrogen-bond donors (Lipinski definition) is 4. The van der Waals surface area contributed by atoms with Crippen LogP contribution in [0.4, 0.5) is 13.2 Å². The average Bonchev–Trinajstić information content (AvgIpc) is 2.60. The van der Waals surface area contributed by atoms with Gasteiger partial charge in [0.1, 0.15) is 5.75 Å². The summed E-state index contributed by atoms with van der Waals surface area (Å²) >= 11 is 7.20. The standard InChI is InChI=1S/C18H20ClF3NO5PS/c1-17(23,10-28-29(25,26)27)7-6-11-2-4-13(9-14(11)19)30-16-8-12(18(20,21)22)3-5-15(16)24/h2-5,8-9,24H,6-7,10,23H2,1H3,(H2,25,26,27). The number of rotatable bonds is 8. The molecule has 6 nitrogen and oxygen atoms in total. The SMILES string of the molecule is CC(N)(CCc1ccc(Sc2cc(C(F)(F)F)ccc2O)cc1Cl)COP(=O)(O)O. The fraction of sp³-hybridized carbons (Fsp3) is 0.333. The number of benzene rings is 2. The highest BCUT2D eigenvalue weighted by atomic mass is 35.5. The second-order valence-corrected chi connectivity index (χ2v) is 9.72. The summed E-state index contributed by atoms with van der Waals surface area (Å²) in [4.78, 5) is 18.1. The molecule has 0 saturated carbocycles. The van der Waals surface area contributed by atoms with Crippen LogP contribution in [0.5, 0.6) is 5.75 Å². The Morgan fingerprint density at radius 3 is 2.43 bits per heavy atom. The van der Waals surface area contributed by atoms with Crippen LogP contribution in [0, 0.1) is 0 Å². The van der Waals surface area contributed by atoms with E-state index >= 15 is 0 Å². The van der Waals surface area contributed by atoms with E-state index in [1.165, 1.54) is 0 Å². The summed E-state index contributed by atoms with van der Waals surface area (Å²) in [6.07, 6.45) is -3.83. The number of phosphoric ester groups is 1. The smallest absolute Gasteiger partial charge is 0.469 e. The molecule has 0 bridgehead atoms. The van der Waals surface area contributed by atoms with Crippen LogP contribution < -0.4 is 5.73 Å². The van der Waals surface area contributed by atoms with Crippen LogP contribution in [0.15, 0.2) is 46.2 Å². The molecule has 5 N–H and O–H groups in total. The molecule has 0 amide bonds. The first-order valence-corrected chi connectivity index (χ1v) is 11.2. The molecular weight excluding hydrogens is 466 g/mol. The Morgan fingerprint density at radius 1 is 1.20 bits per heavy atom. The molecule has 0 spiro atoms. The number of aryl methyl sites for hydroxylation is 1. The fourth-order valence-corrected chi connectivity index (χ4v) is 4.15. The van der Waals surface area contributed by atoms with Crippen LogP contribution in [-0.4, -0.2) is 27.0 Å². The molecule has 2 rings (SSSR count). The van der Waals surface area contributed by atoms with Crippen molar-refractivity contribution in [2.45, 2.75) is 41.3 Å². The summed E-state index contributed by atoms with van der Waals surface area (Å²) in [6.45, 7) is 1.23. The monoisotopic (exact) mass is 485 g/mol. The van der Waals surface area contributed by atoms with Crippen LogP contribution in [0.3, 0.4) is 0 Å². The van der Waals surface area contributed by atoms with Gasteiger partial charge in [0.25, 0.3) is 0 Å². The van der Waals surface area contributed by atoms with Gasteiger partial charge in [-0.15, -0.1) is 0 Å². The lowest BCUT2D eigenvalue weighted by molar-refractivity contribution is -0.137. The van der Waals surface area contributed by atoms with Gasteiger partial charge < -0.3 is 20.6 Å². The summed E-state index contributed by atoms with van der Waals surface area (Å²) in [7, 11) is -4.63. The minimum absolute atomic E-state index is 0.0396. The molecule has 30 heavy (non-hydrogen) atoms. The second kappa shape index (κ2) is 9.48. The molecule has 2 aromatic rings. The number of aromatic hydroxyl groups is 1. The van der Waals surface area contributed by atoms with E-state index in [1.54, 1.807) is 25.1 Å². The third kappa shape index (κ3) is 7.77. The molecule has 0 aliphatic carbocycles. The summed E-state index contributed by atoms with van der Waals surface area (Å²) in [5, 5.41) is 10.2. The zero-order chi connectivity index (χ0) is 22.7. The topological polar surface area (TPSA) is 113 Å². The van der Waals surface area contributed by atoms with Crippen LogP contribution in [0.1, 0.15) is 24.5 Å². The van der Waals surface area contributed by atoms with Crippen molar-refractivity contribution in [3.63, 3.8) is 0 Å². The Balaban J connectivity index is 2.08. The van der Waals surface area contributed by atoms with E-state index in [0.29, 0.717) is 28.3 Å². The summed E-state index contributed by atoms with van der Waals surface area (Å²) in [5.41, 5.74) is 4.80. The lowest BCUT2D eigenvalue weighted by Gasteiger charge is -2.24. The maximum Gasteiger partial charge on any atom is 0.469 e. The quantitative estimate of drug-likeness (QED) is 0.390.